The molecular formula is C26H26N4O6S. The van der Waals surface area contributed by atoms with Gasteiger partial charge in [-0.25, -0.2) is 19.1 Å². The lowest BCUT2D eigenvalue weighted by Crippen LogP contribution is -2.33. The van der Waals surface area contributed by atoms with Crippen molar-refractivity contribution >= 4 is 28.3 Å². The lowest BCUT2D eigenvalue weighted by molar-refractivity contribution is -0.119. The number of nitrogens with zero attached hydrogens (tertiary/aromatic N) is 2. The highest BCUT2D eigenvalue weighted by atomic mass is 32.1. The van der Waals surface area contributed by atoms with Crippen molar-refractivity contribution in [2.24, 2.45) is 0 Å². The minimum Gasteiger partial charge on any atom is -0.496 e. The van der Waals surface area contributed by atoms with Crippen LogP contribution in [0.3, 0.4) is 0 Å². The summed E-state index contributed by atoms with van der Waals surface area (Å²) in [6, 6.07) is 13.3. The fourth-order valence-electron chi connectivity index (χ4n) is 4.00. The SMILES string of the molecule is CCc1cc(-c2[nH]c(=O)n([C@@H](Cc3ccccc3)C(=O)Nc3nc(C(=O)OC)cs3)c2O)ccc1OC. The molecule has 2 heterocycles. The zero-order valence-corrected chi connectivity index (χ0v) is 21.3. The predicted octanol–water partition coefficient (Wildman–Crippen LogP) is 3.79. The molecule has 10 nitrogen and oxygen atoms in total. The highest BCUT2D eigenvalue weighted by Crippen LogP contribution is 2.33. The maximum absolute atomic E-state index is 13.4. The lowest BCUT2D eigenvalue weighted by atomic mass is 10.0. The van der Waals surface area contributed by atoms with Gasteiger partial charge in [-0.15, -0.1) is 11.3 Å². The number of nitrogens with one attached hydrogen (secondary N) is 2. The first-order chi connectivity index (χ1) is 17.9. The van der Waals surface area contributed by atoms with E-state index in [-0.39, 0.29) is 28.8 Å². The van der Waals surface area contributed by atoms with Crippen LogP contribution in [0.5, 0.6) is 11.6 Å². The number of hydrogen-bond acceptors (Lipinski definition) is 8. The fraction of sp³-hybridized carbons (Fsp3) is 0.231. The third-order valence-corrected chi connectivity index (χ3v) is 6.63. The van der Waals surface area contributed by atoms with Crippen molar-refractivity contribution in [1.29, 1.82) is 0 Å². The van der Waals surface area contributed by atoms with Gasteiger partial charge in [0.05, 0.1) is 14.2 Å². The summed E-state index contributed by atoms with van der Waals surface area (Å²) in [4.78, 5) is 45.1. The molecule has 0 saturated heterocycles. The minimum atomic E-state index is -1.12. The van der Waals surface area contributed by atoms with Crippen LogP contribution in [0.25, 0.3) is 11.3 Å². The molecule has 0 radical (unpaired) electrons. The van der Waals surface area contributed by atoms with Gasteiger partial charge in [0.25, 0.3) is 0 Å². The Labute approximate surface area is 216 Å². The van der Waals surface area contributed by atoms with Gasteiger partial charge in [0.1, 0.15) is 17.5 Å². The topological polar surface area (TPSA) is 136 Å². The van der Waals surface area contributed by atoms with Crippen molar-refractivity contribution in [3.8, 4) is 22.9 Å². The average Bonchev–Trinajstić information content (AvgIpc) is 3.50. The van der Waals surface area contributed by atoms with Gasteiger partial charge in [-0.1, -0.05) is 37.3 Å². The smallest absolute Gasteiger partial charge is 0.357 e. The van der Waals surface area contributed by atoms with E-state index in [2.05, 4.69) is 20.0 Å². The molecule has 1 atom stereocenters. The number of thiazole rings is 1. The monoisotopic (exact) mass is 522 g/mol. The van der Waals surface area contributed by atoms with E-state index in [1.165, 1.54) is 12.5 Å². The third kappa shape index (κ3) is 5.41. The number of carbonyl (C=O) groups excluding carboxylic acids is 2. The zero-order valence-electron chi connectivity index (χ0n) is 20.5. The second-order valence-corrected chi connectivity index (χ2v) is 8.96. The molecule has 0 unspecified atom stereocenters. The molecule has 37 heavy (non-hydrogen) atoms. The van der Waals surface area contributed by atoms with Crippen molar-refractivity contribution in [1.82, 2.24) is 14.5 Å². The number of aromatic amines is 1. The number of amides is 1. The number of esters is 1. The third-order valence-electron chi connectivity index (χ3n) is 5.87. The van der Waals surface area contributed by atoms with Gasteiger partial charge in [-0.3, -0.25) is 4.79 Å². The molecule has 0 spiro atoms. The van der Waals surface area contributed by atoms with E-state index in [4.69, 9.17) is 4.74 Å². The molecule has 2 aromatic heterocycles. The summed E-state index contributed by atoms with van der Waals surface area (Å²) in [7, 11) is 2.81. The van der Waals surface area contributed by atoms with E-state index in [0.29, 0.717) is 17.7 Å². The summed E-state index contributed by atoms with van der Waals surface area (Å²) in [6.07, 6.45) is 0.804. The second-order valence-electron chi connectivity index (χ2n) is 8.10. The molecule has 0 aliphatic carbocycles. The lowest BCUT2D eigenvalue weighted by Gasteiger charge is -2.18. The van der Waals surface area contributed by atoms with E-state index in [1.807, 2.05) is 43.3 Å². The second kappa shape index (κ2) is 11.1. The summed E-state index contributed by atoms with van der Waals surface area (Å²) in [5.41, 5.74) is 1.85. The van der Waals surface area contributed by atoms with Crippen LogP contribution < -0.4 is 15.7 Å². The molecule has 0 bridgehead atoms. The van der Waals surface area contributed by atoms with Crippen LogP contribution in [0.4, 0.5) is 5.13 Å². The van der Waals surface area contributed by atoms with Gasteiger partial charge in [0.2, 0.25) is 11.8 Å². The van der Waals surface area contributed by atoms with Crippen LogP contribution in [0.15, 0.2) is 58.7 Å². The number of carbonyl (C=O) groups is 2. The van der Waals surface area contributed by atoms with Crippen LogP contribution in [-0.4, -0.2) is 45.7 Å². The van der Waals surface area contributed by atoms with Crippen LogP contribution in [0.2, 0.25) is 0 Å². The first-order valence-electron chi connectivity index (χ1n) is 11.5. The van der Waals surface area contributed by atoms with E-state index in [1.54, 1.807) is 19.2 Å². The van der Waals surface area contributed by atoms with Gasteiger partial charge in [0.15, 0.2) is 10.8 Å². The normalized spacial score (nSPS) is 11.6. The summed E-state index contributed by atoms with van der Waals surface area (Å²) in [5, 5.41) is 15.4. The number of aryl methyl sites for hydroxylation is 1. The largest absolute Gasteiger partial charge is 0.496 e. The summed E-state index contributed by atoms with van der Waals surface area (Å²) in [5.74, 6) is -0.888. The molecule has 2 aromatic carbocycles. The Kier molecular flexibility index (Phi) is 7.73. The highest BCUT2D eigenvalue weighted by Gasteiger charge is 2.29. The molecule has 3 N–H and O–H groups in total. The highest BCUT2D eigenvalue weighted by molar-refractivity contribution is 7.14. The number of aromatic hydroxyl groups is 1. The fourth-order valence-corrected chi connectivity index (χ4v) is 4.68. The number of benzene rings is 2. The molecule has 192 valence electrons. The first kappa shape index (κ1) is 25.7. The van der Waals surface area contributed by atoms with Crippen molar-refractivity contribution in [2.75, 3.05) is 19.5 Å². The van der Waals surface area contributed by atoms with Gasteiger partial charge in [-0.05, 0) is 35.7 Å². The Morgan fingerprint density at radius 3 is 2.62 bits per heavy atom. The summed E-state index contributed by atoms with van der Waals surface area (Å²) >= 11 is 1.05. The Morgan fingerprint density at radius 2 is 1.95 bits per heavy atom. The van der Waals surface area contributed by atoms with E-state index >= 15 is 0 Å². The molecule has 0 saturated carbocycles. The van der Waals surface area contributed by atoms with Gasteiger partial charge in [0, 0.05) is 17.4 Å². The number of hydrogen-bond donors (Lipinski definition) is 3. The number of methoxy groups -OCH3 is 2. The Morgan fingerprint density at radius 1 is 1.19 bits per heavy atom. The zero-order chi connectivity index (χ0) is 26.5. The number of rotatable bonds is 9. The molecule has 4 rings (SSSR count). The van der Waals surface area contributed by atoms with E-state index in [9.17, 15) is 19.5 Å². The molecule has 0 aliphatic heterocycles. The molecular weight excluding hydrogens is 496 g/mol. The van der Waals surface area contributed by atoms with Crippen LogP contribution in [0, 0.1) is 0 Å². The summed E-state index contributed by atoms with van der Waals surface area (Å²) in [6.45, 7) is 1.97. The number of ether oxygens (including phenoxy) is 2. The first-order valence-corrected chi connectivity index (χ1v) is 12.3. The molecule has 0 aliphatic rings. The number of aromatic nitrogens is 3. The van der Waals surface area contributed by atoms with Crippen molar-refractivity contribution < 1.29 is 24.2 Å². The standard InChI is InChI=1S/C26H26N4O6S/c1-4-16-13-17(10-11-20(16)35-2)21-23(32)30(26(34)28-21)19(12-15-8-6-5-7-9-15)22(31)29-25-27-18(14-37-25)24(33)36-3/h5-11,13-14,19,32H,4,12H2,1-3H3,(H,28,34)(H,27,29,31)/t19-/m0/s1. The maximum atomic E-state index is 13.4. The van der Waals surface area contributed by atoms with Crippen LogP contribution in [-0.2, 0) is 22.4 Å². The van der Waals surface area contributed by atoms with E-state index in [0.717, 1.165) is 27.0 Å². The molecule has 1 amide bonds. The summed E-state index contributed by atoms with van der Waals surface area (Å²) < 4.78 is 11.1. The Balaban J connectivity index is 1.73. The van der Waals surface area contributed by atoms with Gasteiger partial charge >= 0.3 is 11.7 Å². The number of imidazole rings is 1. The van der Waals surface area contributed by atoms with E-state index < -0.39 is 23.6 Å². The average molecular weight is 523 g/mol. The van der Waals surface area contributed by atoms with Gasteiger partial charge in [-0.2, -0.15) is 0 Å². The van der Waals surface area contributed by atoms with Crippen molar-refractivity contribution in [3.05, 3.63) is 81.2 Å². The van der Waals surface area contributed by atoms with Crippen molar-refractivity contribution in [2.45, 2.75) is 25.8 Å². The van der Waals surface area contributed by atoms with Crippen molar-refractivity contribution in [3.63, 3.8) is 0 Å². The number of anilines is 1. The Bertz CT molecular complexity index is 1470. The molecule has 0 fully saturated rings. The van der Waals surface area contributed by atoms with Crippen LogP contribution >= 0.6 is 11.3 Å². The predicted molar refractivity (Wildman–Crippen MR) is 139 cm³/mol. The minimum absolute atomic E-state index is 0.0533. The van der Waals surface area contributed by atoms with Crippen LogP contribution in [0.1, 0.15) is 34.6 Å². The Hall–Kier alpha value is -4.38. The molecule has 11 heteroatoms. The molecule has 4 aromatic rings. The quantitative estimate of drug-likeness (QED) is 0.285. The maximum Gasteiger partial charge on any atom is 0.357 e. The van der Waals surface area contributed by atoms with Gasteiger partial charge < -0.3 is 24.9 Å². The number of H-pyrrole nitrogens is 1.